The van der Waals surface area contributed by atoms with Crippen molar-refractivity contribution in [1.82, 2.24) is 20.4 Å². The first kappa shape index (κ1) is 18.5. The zero-order valence-electron chi connectivity index (χ0n) is 13.9. The van der Waals surface area contributed by atoms with Crippen LogP contribution in [0, 0.1) is 0 Å². The number of hydrogen-bond donors (Lipinski definition) is 1. The Morgan fingerprint density at radius 2 is 2.21 bits per heavy atom. The highest BCUT2D eigenvalue weighted by molar-refractivity contribution is 5.93. The number of likely N-dealkylation sites (N-methyl/N-ethyl adjacent to an activating group) is 1. The van der Waals surface area contributed by atoms with Crippen molar-refractivity contribution in [3.63, 3.8) is 0 Å². The average molecular weight is 355 g/mol. The minimum atomic E-state index is 0. The minimum Gasteiger partial charge on any atom is -0.472 e. The molecule has 1 N–H and O–H groups in total. The Balaban J connectivity index is 0.00000208. The molecule has 1 atom stereocenters. The molecule has 1 saturated heterocycles. The number of carbonyl (C=O) groups is 1. The van der Waals surface area contributed by atoms with Gasteiger partial charge in [0.05, 0.1) is 11.8 Å². The molecule has 0 saturated carbocycles. The number of amides is 1. The van der Waals surface area contributed by atoms with Crippen molar-refractivity contribution < 1.29 is 13.7 Å². The van der Waals surface area contributed by atoms with E-state index in [1.54, 1.807) is 6.07 Å². The standard InChI is InChI=1S/C16H22N4O3.ClH/c1-11(17-2)9-14-18-15(23-19-14)12-3-6-20(7-4-12)16(21)13-5-8-22-10-13;/h5,8,10-12,17H,3-4,6-7,9H2,1-2H3;1H. The number of nitrogens with one attached hydrogen (secondary N) is 1. The Hall–Kier alpha value is -1.86. The number of hydrogen-bond acceptors (Lipinski definition) is 6. The van der Waals surface area contributed by atoms with Crippen LogP contribution < -0.4 is 5.32 Å². The van der Waals surface area contributed by atoms with Crippen LogP contribution in [0.2, 0.25) is 0 Å². The number of furan rings is 1. The molecule has 0 radical (unpaired) electrons. The lowest BCUT2D eigenvalue weighted by Gasteiger charge is -2.30. The van der Waals surface area contributed by atoms with Crippen LogP contribution >= 0.6 is 12.4 Å². The molecule has 2 aromatic heterocycles. The third-order valence-corrected chi connectivity index (χ3v) is 4.36. The monoisotopic (exact) mass is 354 g/mol. The maximum absolute atomic E-state index is 12.3. The molecule has 0 aliphatic carbocycles. The Bertz CT molecular complexity index is 636. The number of rotatable bonds is 5. The van der Waals surface area contributed by atoms with Gasteiger partial charge in [0.1, 0.15) is 6.26 Å². The first-order valence-electron chi connectivity index (χ1n) is 7.98. The van der Waals surface area contributed by atoms with Gasteiger partial charge in [0.2, 0.25) is 5.89 Å². The molecular weight excluding hydrogens is 332 g/mol. The molecule has 132 valence electrons. The van der Waals surface area contributed by atoms with Crippen LogP contribution in [0.1, 0.15) is 47.8 Å². The van der Waals surface area contributed by atoms with Crippen molar-refractivity contribution in [3.8, 4) is 0 Å². The summed E-state index contributed by atoms with van der Waals surface area (Å²) in [5.41, 5.74) is 0.601. The fourth-order valence-electron chi connectivity index (χ4n) is 2.79. The van der Waals surface area contributed by atoms with Gasteiger partial charge in [0.15, 0.2) is 5.82 Å². The number of nitrogens with zero attached hydrogens (tertiary/aromatic N) is 3. The van der Waals surface area contributed by atoms with Crippen LogP contribution in [-0.4, -0.2) is 47.1 Å². The second-order valence-corrected chi connectivity index (χ2v) is 6.02. The molecule has 0 bridgehead atoms. The first-order chi connectivity index (χ1) is 11.2. The Kier molecular flexibility index (Phi) is 6.39. The van der Waals surface area contributed by atoms with Gasteiger partial charge in [0, 0.05) is 31.5 Å². The highest BCUT2D eigenvalue weighted by atomic mass is 35.5. The molecule has 1 aliphatic heterocycles. The first-order valence-corrected chi connectivity index (χ1v) is 7.98. The van der Waals surface area contributed by atoms with E-state index in [9.17, 15) is 4.79 Å². The lowest BCUT2D eigenvalue weighted by atomic mass is 9.96. The summed E-state index contributed by atoms with van der Waals surface area (Å²) in [6.07, 6.45) is 5.44. The smallest absolute Gasteiger partial charge is 0.257 e. The van der Waals surface area contributed by atoms with E-state index in [1.807, 2.05) is 11.9 Å². The molecule has 3 heterocycles. The molecule has 1 aliphatic rings. The van der Waals surface area contributed by atoms with Crippen molar-refractivity contribution in [2.24, 2.45) is 0 Å². The van der Waals surface area contributed by atoms with E-state index in [1.165, 1.54) is 12.5 Å². The normalized spacial score (nSPS) is 16.7. The summed E-state index contributed by atoms with van der Waals surface area (Å²) in [6, 6.07) is 2.01. The highest BCUT2D eigenvalue weighted by Gasteiger charge is 2.28. The van der Waals surface area contributed by atoms with Gasteiger partial charge in [-0.3, -0.25) is 4.79 Å². The fraction of sp³-hybridized carbons (Fsp3) is 0.562. The molecule has 2 aromatic rings. The van der Waals surface area contributed by atoms with E-state index < -0.39 is 0 Å². The molecule has 7 nitrogen and oxygen atoms in total. The van der Waals surface area contributed by atoms with Crippen molar-refractivity contribution in [2.45, 2.75) is 38.1 Å². The van der Waals surface area contributed by atoms with E-state index in [2.05, 4.69) is 22.4 Å². The van der Waals surface area contributed by atoms with Crippen LogP contribution in [0.4, 0.5) is 0 Å². The molecule has 0 spiro atoms. The second kappa shape index (κ2) is 8.30. The Labute approximate surface area is 147 Å². The summed E-state index contributed by atoms with van der Waals surface area (Å²) in [7, 11) is 1.92. The van der Waals surface area contributed by atoms with Crippen LogP contribution in [0.3, 0.4) is 0 Å². The predicted octanol–water partition coefficient (Wildman–Crippen LogP) is 2.25. The van der Waals surface area contributed by atoms with Gasteiger partial charge >= 0.3 is 0 Å². The summed E-state index contributed by atoms with van der Waals surface area (Å²) in [6.45, 7) is 3.47. The zero-order valence-corrected chi connectivity index (χ0v) is 14.7. The average Bonchev–Trinajstić information content (AvgIpc) is 3.26. The molecule has 1 fully saturated rings. The van der Waals surface area contributed by atoms with Gasteiger partial charge < -0.3 is 19.2 Å². The van der Waals surface area contributed by atoms with E-state index in [4.69, 9.17) is 8.94 Å². The number of halogens is 1. The third kappa shape index (κ3) is 4.15. The fourth-order valence-corrected chi connectivity index (χ4v) is 2.79. The van der Waals surface area contributed by atoms with Gasteiger partial charge in [-0.2, -0.15) is 4.98 Å². The summed E-state index contributed by atoms with van der Waals surface area (Å²) in [5.74, 6) is 1.68. The van der Waals surface area contributed by atoms with Gasteiger partial charge in [-0.15, -0.1) is 12.4 Å². The number of piperidine rings is 1. The van der Waals surface area contributed by atoms with Gasteiger partial charge in [0.25, 0.3) is 5.91 Å². The molecule has 1 amide bonds. The molecule has 1 unspecified atom stereocenters. The van der Waals surface area contributed by atoms with Gasteiger partial charge in [-0.1, -0.05) is 5.16 Å². The second-order valence-electron chi connectivity index (χ2n) is 6.02. The van der Waals surface area contributed by atoms with Crippen molar-refractivity contribution in [1.29, 1.82) is 0 Å². The predicted molar refractivity (Wildman–Crippen MR) is 90.4 cm³/mol. The van der Waals surface area contributed by atoms with Crippen LogP contribution in [0.25, 0.3) is 0 Å². The maximum atomic E-state index is 12.3. The number of likely N-dealkylation sites (tertiary alicyclic amines) is 1. The summed E-state index contributed by atoms with van der Waals surface area (Å²) < 4.78 is 10.4. The largest absolute Gasteiger partial charge is 0.472 e. The quantitative estimate of drug-likeness (QED) is 0.886. The van der Waals surface area contributed by atoms with Crippen LogP contribution in [-0.2, 0) is 6.42 Å². The van der Waals surface area contributed by atoms with Crippen LogP contribution in [0.5, 0.6) is 0 Å². The molecule has 0 aromatic carbocycles. The Morgan fingerprint density at radius 1 is 1.46 bits per heavy atom. The van der Waals surface area contributed by atoms with E-state index in [0.717, 1.165) is 25.1 Å². The van der Waals surface area contributed by atoms with E-state index in [-0.39, 0.29) is 24.2 Å². The molecule has 24 heavy (non-hydrogen) atoms. The molecule has 3 rings (SSSR count). The van der Waals surface area contributed by atoms with Crippen molar-refractivity contribution in [3.05, 3.63) is 35.9 Å². The maximum Gasteiger partial charge on any atom is 0.257 e. The summed E-state index contributed by atoms with van der Waals surface area (Å²) >= 11 is 0. The molecular formula is C16H23ClN4O3. The molecule has 8 heteroatoms. The highest BCUT2D eigenvalue weighted by Crippen LogP contribution is 2.27. The lowest BCUT2D eigenvalue weighted by molar-refractivity contribution is 0.0704. The number of carbonyl (C=O) groups excluding carboxylic acids is 1. The Morgan fingerprint density at radius 3 is 2.83 bits per heavy atom. The third-order valence-electron chi connectivity index (χ3n) is 4.36. The lowest BCUT2D eigenvalue weighted by Crippen LogP contribution is -2.37. The van der Waals surface area contributed by atoms with E-state index >= 15 is 0 Å². The summed E-state index contributed by atoms with van der Waals surface area (Å²) in [5, 5.41) is 7.22. The van der Waals surface area contributed by atoms with Crippen LogP contribution in [0.15, 0.2) is 27.5 Å². The van der Waals surface area contributed by atoms with Crippen molar-refractivity contribution in [2.75, 3.05) is 20.1 Å². The van der Waals surface area contributed by atoms with E-state index in [0.29, 0.717) is 30.6 Å². The van der Waals surface area contributed by atoms with Gasteiger partial charge in [-0.25, -0.2) is 0 Å². The van der Waals surface area contributed by atoms with Gasteiger partial charge in [-0.05, 0) is 32.9 Å². The van der Waals surface area contributed by atoms with Crippen molar-refractivity contribution >= 4 is 18.3 Å². The SMILES string of the molecule is CNC(C)Cc1noc(C2CCN(C(=O)c3ccoc3)CC2)n1.Cl. The summed E-state index contributed by atoms with van der Waals surface area (Å²) in [4.78, 5) is 18.6. The number of aromatic nitrogens is 2. The zero-order chi connectivity index (χ0) is 16.2. The minimum absolute atomic E-state index is 0. The topological polar surface area (TPSA) is 84.4 Å².